The smallest absolute Gasteiger partial charge is 0.275 e. The highest BCUT2D eigenvalue weighted by Crippen LogP contribution is 2.27. The second-order valence-corrected chi connectivity index (χ2v) is 9.17. The van der Waals surface area contributed by atoms with Crippen LogP contribution >= 0.6 is 11.3 Å². The van der Waals surface area contributed by atoms with E-state index in [0.717, 1.165) is 49.6 Å². The Kier molecular flexibility index (Phi) is 6.65. The molecular formula is C23H29N5O2S. The summed E-state index contributed by atoms with van der Waals surface area (Å²) < 4.78 is 1.39. The van der Waals surface area contributed by atoms with Crippen molar-refractivity contribution in [3.63, 3.8) is 0 Å². The zero-order valence-corrected chi connectivity index (χ0v) is 18.9. The molecule has 0 unspecified atom stereocenters. The van der Waals surface area contributed by atoms with Gasteiger partial charge in [-0.1, -0.05) is 61.9 Å². The van der Waals surface area contributed by atoms with Crippen LogP contribution < -0.4 is 15.8 Å². The zero-order chi connectivity index (χ0) is 21.8. The molecule has 3 aromatic rings. The number of amides is 1. The molecule has 0 bridgehead atoms. The van der Waals surface area contributed by atoms with Gasteiger partial charge >= 0.3 is 0 Å². The summed E-state index contributed by atoms with van der Waals surface area (Å²) in [6, 6.07) is 11.8. The van der Waals surface area contributed by atoms with Gasteiger partial charge in [0.2, 0.25) is 16.0 Å². The largest absolute Gasteiger partial charge is 0.355 e. The van der Waals surface area contributed by atoms with Gasteiger partial charge in [0.05, 0.1) is 0 Å². The third-order valence-electron chi connectivity index (χ3n) is 5.88. The first-order valence-corrected chi connectivity index (χ1v) is 11.8. The maximum absolute atomic E-state index is 12.7. The van der Waals surface area contributed by atoms with Crippen LogP contribution in [0.2, 0.25) is 0 Å². The predicted octanol–water partition coefficient (Wildman–Crippen LogP) is 3.24. The van der Waals surface area contributed by atoms with Crippen LogP contribution in [0.4, 0.5) is 5.13 Å². The molecule has 0 aliphatic carbocycles. The molecule has 4 rings (SSSR count). The Morgan fingerprint density at radius 1 is 1.26 bits per heavy atom. The maximum atomic E-state index is 12.7. The van der Waals surface area contributed by atoms with Crippen molar-refractivity contribution < 1.29 is 4.79 Å². The molecule has 1 atom stereocenters. The topological polar surface area (TPSA) is 79.6 Å². The first-order chi connectivity index (χ1) is 15.0. The van der Waals surface area contributed by atoms with Gasteiger partial charge in [-0.2, -0.15) is 4.52 Å². The van der Waals surface area contributed by atoms with Crippen LogP contribution in [0.3, 0.4) is 0 Å². The average Bonchev–Trinajstić information content (AvgIpc) is 3.23. The molecule has 2 aromatic heterocycles. The molecular weight excluding hydrogens is 410 g/mol. The van der Waals surface area contributed by atoms with Gasteiger partial charge in [0.15, 0.2) is 0 Å². The molecule has 1 fully saturated rings. The monoisotopic (exact) mass is 439 g/mol. The number of benzene rings is 1. The van der Waals surface area contributed by atoms with E-state index in [4.69, 9.17) is 0 Å². The molecule has 31 heavy (non-hydrogen) atoms. The van der Waals surface area contributed by atoms with Crippen molar-refractivity contribution >= 4 is 27.3 Å². The van der Waals surface area contributed by atoms with Crippen molar-refractivity contribution in [3.8, 4) is 0 Å². The SMILES string of the molecule is CCCc1cc(=O)n2nc(N3CCC(C(=O)NC[C@H](C)c4ccccc4)CC3)sc2n1. The van der Waals surface area contributed by atoms with E-state index in [1.54, 1.807) is 6.07 Å². The van der Waals surface area contributed by atoms with Crippen LogP contribution in [-0.4, -0.2) is 40.1 Å². The van der Waals surface area contributed by atoms with Crippen molar-refractivity contribution in [1.82, 2.24) is 19.9 Å². The molecule has 1 amide bonds. The number of aryl methyl sites for hydroxylation is 1. The Morgan fingerprint density at radius 3 is 2.71 bits per heavy atom. The van der Waals surface area contributed by atoms with Gasteiger partial charge in [-0.3, -0.25) is 9.59 Å². The Labute approximate surface area is 186 Å². The molecule has 8 heteroatoms. The van der Waals surface area contributed by atoms with E-state index < -0.39 is 0 Å². The number of fused-ring (bicyclic) bond motifs is 1. The normalized spacial score (nSPS) is 15.9. The fourth-order valence-corrected chi connectivity index (χ4v) is 4.97. The van der Waals surface area contributed by atoms with Crippen LogP contribution in [0.15, 0.2) is 41.2 Å². The summed E-state index contributed by atoms with van der Waals surface area (Å²) in [7, 11) is 0. The number of hydrogen-bond donors (Lipinski definition) is 1. The third-order valence-corrected chi connectivity index (χ3v) is 6.85. The summed E-state index contributed by atoms with van der Waals surface area (Å²) in [5.41, 5.74) is 1.93. The van der Waals surface area contributed by atoms with Crippen LogP contribution in [0.25, 0.3) is 4.96 Å². The minimum atomic E-state index is -0.127. The standard InChI is InChI=1S/C23H29N5O2S/c1-3-7-19-14-20(29)28-22(25-19)31-23(26-28)27-12-10-18(11-13-27)21(30)24-15-16(2)17-8-5-4-6-9-17/h4-6,8-9,14,16,18H,3,7,10-13,15H2,1-2H3,(H,24,30)/t16-/m0/s1. The lowest BCUT2D eigenvalue weighted by Gasteiger charge is -2.30. The number of piperidine rings is 1. The summed E-state index contributed by atoms with van der Waals surface area (Å²) in [6.45, 7) is 6.36. The van der Waals surface area contributed by atoms with E-state index in [1.165, 1.54) is 21.4 Å². The minimum absolute atomic E-state index is 0.0191. The summed E-state index contributed by atoms with van der Waals surface area (Å²) in [5.74, 6) is 0.441. The van der Waals surface area contributed by atoms with Gasteiger partial charge in [0.1, 0.15) is 0 Å². The molecule has 1 saturated heterocycles. The number of carbonyl (C=O) groups excluding carboxylic acids is 1. The molecule has 7 nitrogen and oxygen atoms in total. The van der Waals surface area contributed by atoms with Crippen LogP contribution in [0.5, 0.6) is 0 Å². The fourth-order valence-electron chi connectivity index (χ4n) is 3.99. The van der Waals surface area contributed by atoms with Crippen molar-refractivity contribution in [3.05, 3.63) is 58.0 Å². The third kappa shape index (κ3) is 4.95. The Morgan fingerprint density at radius 2 is 2.00 bits per heavy atom. The lowest BCUT2D eigenvalue weighted by Crippen LogP contribution is -2.41. The molecule has 1 aromatic carbocycles. The molecule has 3 heterocycles. The highest BCUT2D eigenvalue weighted by Gasteiger charge is 2.27. The van der Waals surface area contributed by atoms with Crippen molar-refractivity contribution in [2.75, 3.05) is 24.5 Å². The highest BCUT2D eigenvalue weighted by atomic mass is 32.1. The molecule has 1 aliphatic heterocycles. The molecule has 0 saturated carbocycles. The van der Waals surface area contributed by atoms with E-state index in [0.29, 0.717) is 11.5 Å². The fraction of sp³-hybridized carbons (Fsp3) is 0.478. The molecule has 0 spiro atoms. The lowest BCUT2D eigenvalue weighted by atomic mass is 9.95. The molecule has 1 N–H and O–H groups in total. The number of nitrogens with one attached hydrogen (secondary N) is 1. The molecule has 0 radical (unpaired) electrons. The Bertz CT molecular complexity index is 1090. The Balaban J connectivity index is 1.33. The van der Waals surface area contributed by atoms with Gasteiger partial charge in [-0.05, 0) is 30.7 Å². The van der Waals surface area contributed by atoms with Crippen molar-refractivity contribution in [1.29, 1.82) is 0 Å². The van der Waals surface area contributed by atoms with E-state index in [2.05, 4.69) is 46.3 Å². The van der Waals surface area contributed by atoms with Gasteiger partial charge in [-0.15, -0.1) is 5.10 Å². The summed E-state index contributed by atoms with van der Waals surface area (Å²) >= 11 is 1.45. The Hall–Kier alpha value is -2.74. The van der Waals surface area contributed by atoms with Crippen LogP contribution in [0.1, 0.15) is 50.3 Å². The van der Waals surface area contributed by atoms with Crippen molar-refractivity contribution in [2.45, 2.75) is 45.4 Å². The molecule has 1 aliphatic rings. The predicted molar refractivity (Wildman–Crippen MR) is 124 cm³/mol. The summed E-state index contributed by atoms with van der Waals surface area (Å²) in [5, 5.41) is 8.41. The minimum Gasteiger partial charge on any atom is -0.355 e. The average molecular weight is 440 g/mol. The van der Waals surface area contributed by atoms with Gasteiger partial charge in [0, 0.05) is 37.3 Å². The number of rotatable bonds is 7. The first-order valence-electron chi connectivity index (χ1n) is 11.0. The quantitative estimate of drug-likeness (QED) is 0.611. The second-order valence-electron chi connectivity index (χ2n) is 8.23. The highest BCUT2D eigenvalue weighted by molar-refractivity contribution is 7.20. The maximum Gasteiger partial charge on any atom is 0.275 e. The number of anilines is 1. The number of aromatic nitrogens is 3. The van der Waals surface area contributed by atoms with Crippen LogP contribution in [-0.2, 0) is 11.2 Å². The number of carbonyl (C=O) groups is 1. The lowest BCUT2D eigenvalue weighted by molar-refractivity contribution is -0.125. The molecule has 164 valence electrons. The van der Waals surface area contributed by atoms with E-state index >= 15 is 0 Å². The zero-order valence-electron chi connectivity index (χ0n) is 18.1. The number of hydrogen-bond acceptors (Lipinski definition) is 6. The number of nitrogens with zero attached hydrogens (tertiary/aromatic N) is 4. The summed E-state index contributed by atoms with van der Waals surface area (Å²) in [4.78, 5) is 32.4. The van der Waals surface area contributed by atoms with E-state index in [1.807, 2.05) is 18.2 Å². The van der Waals surface area contributed by atoms with Gasteiger partial charge in [-0.25, -0.2) is 4.98 Å². The van der Waals surface area contributed by atoms with E-state index in [-0.39, 0.29) is 23.3 Å². The summed E-state index contributed by atoms with van der Waals surface area (Å²) in [6.07, 6.45) is 3.31. The van der Waals surface area contributed by atoms with Gasteiger partial charge in [0.25, 0.3) is 5.56 Å². The van der Waals surface area contributed by atoms with Crippen LogP contribution in [0, 0.1) is 5.92 Å². The second kappa shape index (κ2) is 9.60. The first kappa shape index (κ1) is 21.5. The van der Waals surface area contributed by atoms with Crippen molar-refractivity contribution in [2.24, 2.45) is 5.92 Å². The van der Waals surface area contributed by atoms with Gasteiger partial charge < -0.3 is 10.2 Å². The van der Waals surface area contributed by atoms with E-state index in [9.17, 15) is 9.59 Å².